The monoisotopic (exact) mass is 321 g/mol. The van der Waals surface area contributed by atoms with Crippen molar-refractivity contribution in [2.45, 2.75) is 39.2 Å². The number of methoxy groups -OCH3 is 1. The minimum Gasteiger partial charge on any atom is -0.383 e. The molecule has 1 heterocycles. The molecule has 1 N–H and O–H groups in total. The second kappa shape index (κ2) is 9.05. The summed E-state index contributed by atoms with van der Waals surface area (Å²) in [6, 6.07) is -0.149. The van der Waals surface area contributed by atoms with Crippen LogP contribution in [0.5, 0.6) is 0 Å². The Morgan fingerprint density at radius 2 is 2.00 bits per heavy atom. The molecule has 0 saturated carbocycles. The molecular weight excluding hydrogens is 290 g/mol. The lowest BCUT2D eigenvalue weighted by Gasteiger charge is -2.35. The molecule has 1 atom stereocenters. The third kappa shape index (κ3) is 5.49. The topological polar surface area (TPSA) is 61.9 Å². The van der Waals surface area contributed by atoms with Crippen LogP contribution >= 0.6 is 0 Å². The average Bonchev–Trinajstić information content (AvgIpc) is 2.47. The van der Waals surface area contributed by atoms with E-state index in [9.17, 15) is 8.42 Å². The van der Waals surface area contributed by atoms with Crippen LogP contribution in [0.4, 0.5) is 0 Å². The molecule has 1 saturated heterocycles. The summed E-state index contributed by atoms with van der Waals surface area (Å²) in [5, 5.41) is 3.42. The lowest BCUT2D eigenvalue weighted by atomic mass is 9.98. The van der Waals surface area contributed by atoms with E-state index < -0.39 is 10.2 Å². The third-order valence-corrected chi connectivity index (χ3v) is 6.26. The van der Waals surface area contributed by atoms with Crippen molar-refractivity contribution in [2.75, 3.05) is 46.9 Å². The Morgan fingerprint density at radius 3 is 2.52 bits per heavy atom. The van der Waals surface area contributed by atoms with Crippen LogP contribution in [0, 0.1) is 5.92 Å². The van der Waals surface area contributed by atoms with E-state index in [1.807, 2.05) is 6.92 Å². The standard InChI is InChI=1S/C14H31N3O3S/c1-5-8-15-11-14-6-9-17(10-7-14)21(18,19)16(3)13(2)12-20-4/h13-15H,5-12H2,1-4H3. The van der Waals surface area contributed by atoms with Crippen molar-refractivity contribution in [1.29, 1.82) is 0 Å². The van der Waals surface area contributed by atoms with Crippen LogP contribution in [0.25, 0.3) is 0 Å². The van der Waals surface area contributed by atoms with Gasteiger partial charge in [0.2, 0.25) is 0 Å². The first kappa shape index (κ1) is 18.8. The fourth-order valence-electron chi connectivity index (χ4n) is 2.58. The molecule has 0 aromatic heterocycles. The van der Waals surface area contributed by atoms with E-state index in [4.69, 9.17) is 4.74 Å². The van der Waals surface area contributed by atoms with Gasteiger partial charge in [0.15, 0.2) is 0 Å². The molecule has 0 aromatic carbocycles. The van der Waals surface area contributed by atoms with Crippen LogP contribution < -0.4 is 5.32 Å². The zero-order valence-corrected chi connectivity index (χ0v) is 14.7. The van der Waals surface area contributed by atoms with Gasteiger partial charge in [0.25, 0.3) is 10.2 Å². The van der Waals surface area contributed by atoms with Crippen molar-refractivity contribution < 1.29 is 13.2 Å². The second-order valence-corrected chi connectivity index (χ2v) is 7.86. The summed E-state index contributed by atoms with van der Waals surface area (Å²) in [6.45, 7) is 7.69. The minimum atomic E-state index is -3.37. The number of piperidine rings is 1. The zero-order chi connectivity index (χ0) is 15.9. The van der Waals surface area contributed by atoms with E-state index in [1.54, 1.807) is 18.5 Å². The molecule has 0 amide bonds. The van der Waals surface area contributed by atoms with Crippen LogP contribution in [-0.4, -0.2) is 70.0 Å². The van der Waals surface area contributed by atoms with Crippen molar-refractivity contribution in [3.8, 4) is 0 Å². The first-order valence-corrected chi connectivity index (χ1v) is 9.25. The highest BCUT2D eigenvalue weighted by atomic mass is 32.2. The van der Waals surface area contributed by atoms with E-state index in [1.165, 1.54) is 4.31 Å². The number of likely N-dealkylation sites (N-methyl/N-ethyl adjacent to an activating group) is 1. The Hall–Kier alpha value is -0.210. The summed E-state index contributed by atoms with van der Waals surface area (Å²) in [5.41, 5.74) is 0. The summed E-state index contributed by atoms with van der Waals surface area (Å²) in [5.74, 6) is 0.588. The van der Waals surface area contributed by atoms with Crippen molar-refractivity contribution in [2.24, 2.45) is 5.92 Å². The average molecular weight is 321 g/mol. The maximum absolute atomic E-state index is 12.5. The molecule has 1 rings (SSSR count). The summed E-state index contributed by atoms with van der Waals surface area (Å²) in [7, 11) is -0.144. The summed E-state index contributed by atoms with van der Waals surface area (Å²) < 4.78 is 33.2. The number of nitrogens with zero attached hydrogens (tertiary/aromatic N) is 2. The first-order chi connectivity index (χ1) is 9.93. The Balaban J connectivity index is 2.48. The number of hydrogen-bond donors (Lipinski definition) is 1. The lowest BCUT2D eigenvalue weighted by Crippen LogP contribution is -2.50. The third-order valence-electron chi connectivity index (χ3n) is 4.15. The fourth-order valence-corrected chi connectivity index (χ4v) is 4.13. The van der Waals surface area contributed by atoms with Crippen LogP contribution in [0.1, 0.15) is 33.1 Å². The first-order valence-electron chi connectivity index (χ1n) is 7.86. The minimum absolute atomic E-state index is 0.149. The Labute approximate surface area is 130 Å². The van der Waals surface area contributed by atoms with Crippen LogP contribution in [0.2, 0.25) is 0 Å². The van der Waals surface area contributed by atoms with Crippen molar-refractivity contribution in [3.63, 3.8) is 0 Å². The quantitative estimate of drug-likeness (QED) is 0.641. The van der Waals surface area contributed by atoms with Gasteiger partial charge >= 0.3 is 0 Å². The van der Waals surface area contributed by atoms with Crippen molar-refractivity contribution in [1.82, 2.24) is 13.9 Å². The predicted octanol–water partition coefficient (Wildman–Crippen LogP) is 0.910. The van der Waals surface area contributed by atoms with Gasteiger partial charge in [-0.15, -0.1) is 0 Å². The number of hydrogen-bond acceptors (Lipinski definition) is 4. The largest absolute Gasteiger partial charge is 0.383 e. The smallest absolute Gasteiger partial charge is 0.282 e. The maximum Gasteiger partial charge on any atom is 0.282 e. The molecule has 0 spiro atoms. The Kier molecular flexibility index (Phi) is 8.12. The summed E-state index contributed by atoms with van der Waals surface area (Å²) in [4.78, 5) is 0. The molecule has 21 heavy (non-hydrogen) atoms. The fraction of sp³-hybridized carbons (Fsp3) is 1.00. The highest BCUT2D eigenvalue weighted by Crippen LogP contribution is 2.21. The van der Waals surface area contributed by atoms with Crippen molar-refractivity contribution >= 4 is 10.2 Å². The Bertz CT molecular complexity index is 381. The normalized spacial score (nSPS) is 20.0. The van der Waals surface area contributed by atoms with Gasteiger partial charge in [0.1, 0.15) is 0 Å². The van der Waals surface area contributed by atoms with Crippen molar-refractivity contribution in [3.05, 3.63) is 0 Å². The number of ether oxygens (including phenoxy) is 1. The molecule has 0 aromatic rings. The number of rotatable bonds is 9. The molecule has 1 fully saturated rings. The molecule has 7 heteroatoms. The lowest BCUT2D eigenvalue weighted by molar-refractivity contribution is 0.144. The van der Waals surface area contributed by atoms with E-state index in [2.05, 4.69) is 12.2 Å². The van der Waals surface area contributed by atoms with Gasteiger partial charge in [0.05, 0.1) is 6.61 Å². The van der Waals surface area contributed by atoms with Gasteiger partial charge < -0.3 is 10.1 Å². The SMILES string of the molecule is CCCNCC1CCN(S(=O)(=O)N(C)C(C)COC)CC1. The molecular formula is C14H31N3O3S. The highest BCUT2D eigenvalue weighted by Gasteiger charge is 2.33. The molecule has 0 aliphatic carbocycles. The number of nitrogens with one attached hydrogen (secondary N) is 1. The molecule has 1 aliphatic rings. The van der Waals surface area contributed by atoms with Gasteiger partial charge in [-0.1, -0.05) is 6.92 Å². The van der Waals surface area contributed by atoms with Gasteiger partial charge in [0, 0.05) is 33.3 Å². The van der Waals surface area contributed by atoms with Crippen LogP contribution in [0.15, 0.2) is 0 Å². The predicted molar refractivity (Wildman–Crippen MR) is 85.5 cm³/mol. The van der Waals surface area contributed by atoms with Gasteiger partial charge in [-0.05, 0) is 45.2 Å². The molecule has 1 aliphatic heterocycles. The highest BCUT2D eigenvalue weighted by molar-refractivity contribution is 7.86. The van der Waals surface area contributed by atoms with E-state index >= 15 is 0 Å². The maximum atomic E-state index is 12.5. The molecule has 126 valence electrons. The van der Waals surface area contributed by atoms with Gasteiger partial charge in [-0.3, -0.25) is 0 Å². The zero-order valence-electron chi connectivity index (χ0n) is 13.8. The van der Waals surface area contributed by atoms with Crippen LogP contribution in [-0.2, 0) is 14.9 Å². The van der Waals surface area contributed by atoms with E-state index in [0.29, 0.717) is 25.6 Å². The van der Waals surface area contributed by atoms with E-state index in [0.717, 1.165) is 32.4 Å². The molecule has 1 unspecified atom stereocenters. The molecule has 0 bridgehead atoms. The van der Waals surface area contributed by atoms with Crippen LogP contribution in [0.3, 0.4) is 0 Å². The summed E-state index contributed by atoms with van der Waals surface area (Å²) >= 11 is 0. The second-order valence-electron chi connectivity index (χ2n) is 5.87. The Morgan fingerprint density at radius 1 is 1.38 bits per heavy atom. The molecule has 6 nitrogen and oxygen atoms in total. The van der Waals surface area contributed by atoms with Gasteiger partial charge in [-0.2, -0.15) is 17.0 Å². The molecule has 0 radical (unpaired) electrons. The summed E-state index contributed by atoms with van der Waals surface area (Å²) in [6.07, 6.45) is 3.00. The van der Waals surface area contributed by atoms with E-state index in [-0.39, 0.29) is 6.04 Å². The van der Waals surface area contributed by atoms with Gasteiger partial charge in [-0.25, -0.2) is 0 Å².